The second-order valence-corrected chi connectivity index (χ2v) is 7.44. The van der Waals surface area contributed by atoms with Crippen molar-refractivity contribution < 1.29 is 0 Å². The zero-order valence-electron chi connectivity index (χ0n) is 14.5. The Bertz CT molecular complexity index is 904. The topological polar surface area (TPSA) is 12.0 Å². The third kappa shape index (κ3) is 2.30. The van der Waals surface area contributed by atoms with Crippen LogP contribution in [0, 0.1) is 0 Å². The van der Waals surface area contributed by atoms with Gasteiger partial charge in [0, 0.05) is 16.8 Å². The van der Waals surface area contributed by atoms with Gasteiger partial charge in [0.2, 0.25) is 0 Å². The van der Waals surface area contributed by atoms with Crippen LogP contribution in [0.25, 0.3) is 11.1 Å². The molecule has 0 aliphatic heterocycles. The molecule has 0 aromatic heterocycles. The van der Waals surface area contributed by atoms with Gasteiger partial charge in [0.05, 0.1) is 0 Å². The lowest BCUT2D eigenvalue weighted by atomic mass is 9.68. The van der Waals surface area contributed by atoms with Crippen LogP contribution in [0.3, 0.4) is 0 Å². The van der Waals surface area contributed by atoms with Crippen molar-refractivity contribution in [2.45, 2.75) is 37.5 Å². The maximum absolute atomic E-state index is 3.56. The van der Waals surface area contributed by atoms with Crippen LogP contribution < -0.4 is 5.32 Å². The van der Waals surface area contributed by atoms with E-state index < -0.39 is 0 Å². The molecular formula is C24H23N. The van der Waals surface area contributed by atoms with Crippen molar-refractivity contribution in [2.75, 3.05) is 5.32 Å². The molecule has 0 saturated heterocycles. The lowest BCUT2D eigenvalue weighted by Crippen LogP contribution is -2.27. The first kappa shape index (κ1) is 14.8. The van der Waals surface area contributed by atoms with Gasteiger partial charge < -0.3 is 5.32 Å². The summed E-state index contributed by atoms with van der Waals surface area (Å²) < 4.78 is 0. The average Bonchev–Trinajstić information content (AvgIpc) is 2.93. The maximum atomic E-state index is 3.56. The second kappa shape index (κ2) is 5.77. The molecule has 1 N–H and O–H groups in total. The van der Waals surface area contributed by atoms with Gasteiger partial charge in [0.25, 0.3) is 0 Å². The van der Waals surface area contributed by atoms with Crippen molar-refractivity contribution >= 4 is 11.4 Å². The minimum atomic E-state index is 0.259. The Hall–Kier alpha value is -2.54. The molecule has 0 heterocycles. The monoisotopic (exact) mass is 325 g/mol. The van der Waals surface area contributed by atoms with E-state index in [0.717, 1.165) is 5.69 Å². The number of benzene rings is 3. The van der Waals surface area contributed by atoms with E-state index in [4.69, 9.17) is 0 Å². The number of fused-ring (bicyclic) bond motifs is 5. The Kier molecular flexibility index (Phi) is 3.41. The number of nitrogens with one attached hydrogen (secondary N) is 1. The fourth-order valence-corrected chi connectivity index (χ4v) is 4.92. The third-order valence-electron chi connectivity index (χ3n) is 6.04. The molecule has 1 heteroatoms. The van der Waals surface area contributed by atoms with Crippen LogP contribution in [0.15, 0.2) is 72.8 Å². The summed E-state index contributed by atoms with van der Waals surface area (Å²) in [6.45, 7) is 0. The summed E-state index contributed by atoms with van der Waals surface area (Å²) in [6.07, 6.45) is 6.66. The number of hydrogen-bond acceptors (Lipinski definition) is 1. The highest BCUT2D eigenvalue weighted by Crippen LogP contribution is 2.56. The average molecular weight is 325 g/mol. The summed E-state index contributed by atoms with van der Waals surface area (Å²) in [4.78, 5) is 0. The minimum Gasteiger partial charge on any atom is -0.356 e. The standard InChI is InChI=1S/C24H23N/c1-3-9-18(10-4-1)25-19-13-14-23-21(17-19)20-11-5-6-12-22(20)24(23)15-7-2-8-16-24/h1,3-6,9-14,17,25H,2,7-8,15-16H2. The molecule has 0 bridgehead atoms. The Labute approximate surface area is 149 Å². The molecule has 0 amide bonds. The van der Waals surface area contributed by atoms with E-state index in [1.54, 1.807) is 11.1 Å². The van der Waals surface area contributed by atoms with Crippen molar-refractivity contribution in [3.8, 4) is 11.1 Å². The summed E-state index contributed by atoms with van der Waals surface area (Å²) >= 11 is 0. The van der Waals surface area contributed by atoms with Gasteiger partial charge in [-0.15, -0.1) is 0 Å². The fourth-order valence-electron chi connectivity index (χ4n) is 4.92. The SMILES string of the molecule is c1ccc(Nc2ccc3c(c2)-c2ccccc2C32CCCCC2)cc1. The highest BCUT2D eigenvalue weighted by molar-refractivity contribution is 5.84. The van der Waals surface area contributed by atoms with Crippen molar-refractivity contribution in [3.05, 3.63) is 83.9 Å². The molecule has 3 aromatic carbocycles. The van der Waals surface area contributed by atoms with Crippen LogP contribution in [0.2, 0.25) is 0 Å². The number of rotatable bonds is 2. The molecule has 25 heavy (non-hydrogen) atoms. The molecule has 1 nitrogen and oxygen atoms in total. The minimum absolute atomic E-state index is 0.259. The van der Waals surface area contributed by atoms with Crippen LogP contribution >= 0.6 is 0 Å². The molecular weight excluding hydrogens is 302 g/mol. The van der Waals surface area contributed by atoms with Gasteiger partial charge in [-0.3, -0.25) is 0 Å². The highest BCUT2D eigenvalue weighted by atomic mass is 14.9. The van der Waals surface area contributed by atoms with E-state index in [1.807, 2.05) is 0 Å². The van der Waals surface area contributed by atoms with Crippen LogP contribution in [-0.4, -0.2) is 0 Å². The summed E-state index contributed by atoms with van der Waals surface area (Å²) in [5.41, 5.74) is 8.55. The lowest BCUT2D eigenvalue weighted by Gasteiger charge is -2.36. The Morgan fingerprint density at radius 1 is 0.600 bits per heavy atom. The smallest absolute Gasteiger partial charge is 0.0390 e. The molecule has 1 fully saturated rings. The largest absolute Gasteiger partial charge is 0.356 e. The van der Waals surface area contributed by atoms with E-state index in [0.29, 0.717) is 0 Å². The zero-order chi connectivity index (χ0) is 16.7. The molecule has 5 rings (SSSR count). The Morgan fingerprint density at radius 2 is 1.32 bits per heavy atom. The van der Waals surface area contributed by atoms with Crippen molar-refractivity contribution in [2.24, 2.45) is 0 Å². The molecule has 0 atom stereocenters. The van der Waals surface area contributed by atoms with Crippen molar-refractivity contribution in [1.82, 2.24) is 0 Å². The van der Waals surface area contributed by atoms with E-state index in [2.05, 4.69) is 78.1 Å². The Balaban J connectivity index is 1.62. The molecule has 1 spiro atoms. The van der Waals surface area contributed by atoms with Gasteiger partial charge in [-0.2, -0.15) is 0 Å². The van der Waals surface area contributed by atoms with Gasteiger partial charge in [0.15, 0.2) is 0 Å². The van der Waals surface area contributed by atoms with Gasteiger partial charge in [-0.1, -0.05) is 67.8 Å². The summed E-state index contributed by atoms with van der Waals surface area (Å²) in [6, 6.07) is 26.5. The molecule has 0 unspecified atom stereocenters. The van der Waals surface area contributed by atoms with E-state index in [-0.39, 0.29) is 5.41 Å². The first-order chi connectivity index (χ1) is 12.4. The Morgan fingerprint density at radius 3 is 2.16 bits per heavy atom. The second-order valence-electron chi connectivity index (χ2n) is 7.44. The predicted octanol–water partition coefficient (Wildman–Crippen LogP) is 6.66. The normalized spacial score (nSPS) is 17.1. The quantitative estimate of drug-likeness (QED) is 0.555. The molecule has 3 aromatic rings. The van der Waals surface area contributed by atoms with Crippen molar-refractivity contribution in [1.29, 1.82) is 0 Å². The van der Waals surface area contributed by atoms with E-state index >= 15 is 0 Å². The van der Waals surface area contributed by atoms with Gasteiger partial charge in [-0.25, -0.2) is 0 Å². The van der Waals surface area contributed by atoms with E-state index in [9.17, 15) is 0 Å². The predicted molar refractivity (Wildman–Crippen MR) is 105 cm³/mol. The molecule has 0 radical (unpaired) electrons. The van der Waals surface area contributed by atoms with E-state index in [1.165, 1.54) is 48.9 Å². The van der Waals surface area contributed by atoms with Crippen LogP contribution in [0.5, 0.6) is 0 Å². The lowest BCUT2D eigenvalue weighted by molar-refractivity contribution is 0.353. The van der Waals surface area contributed by atoms with Gasteiger partial charge in [-0.05, 0) is 59.4 Å². The highest BCUT2D eigenvalue weighted by Gasteiger charge is 2.43. The summed E-state index contributed by atoms with van der Waals surface area (Å²) in [5, 5.41) is 3.56. The number of para-hydroxylation sites is 1. The summed E-state index contributed by atoms with van der Waals surface area (Å²) in [7, 11) is 0. The first-order valence-corrected chi connectivity index (χ1v) is 9.43. The molecule has 2 aliphatic carbocycles. The van der Waals surface area contributed by atoms with Gasteiger partial charge >= 0.3 is 0 Å². The molecule has 2 aliphatic rings. The number of anilines is 2. The first-order valence-electron chi connectivity index (χ1n) is 9.43. The van der Waals surface area contributed by atoms with Gasteiger partial charge in [0.1, 0.15) is 0 Å². The fraction of sp³-hybridized carbons (Fsp3) is 0.250. The number of hydrogen-bond donors (Lipinski definition) is 1. The van der Waals surface area contributed by atoms with Crippen LogP contribution in [-0.2, 0) is 5.41 Å². The molecule has 1 saturated carbocycles. The molecule has 124 valence electrons. The zero-order valence-corrected chi connectivity index (χ0v) is 14.5. The van der Waals surface area contributed by atoms with Crippen LogP contribution in [0.1, 0.15) is 43.2 Å². The van der Waals surface area contributed by atoms with Crippen molar-refractivity contribution in [3.63, 3.8) is 0 Å². The maximum Gasteiger partial charge on any atom is 0.0390 e. The third-order valence-corrected chi connectivity index (χ3v) is 6.04. The van der Waals surface area contributed by atoms with Crippen LogP contribution in [0.4, 0.5) is 11.4 Å². The summed E-state index contributed by atoms with van der Waals surface area (Å²) in [5.74, 6) is 0.